The van der Waals surface area contributed by atoms with Crippen molar-refractivity contribution >= 4 is 34.7 Å². The van der Waals surface area contributed by atoms with E-state index < -0.39 is 5.91 Å². The Labute approximate surface area is 143 Å². The van der Waals surface area contributed by atoms with Crippen LogP contribution in [-0.2, 0) is 4.79 Å². The number of hydrogen-bond acceptors (Lipinski definition) is 6. The summed E-state index contributed by atoms with van der Waals surface area (Å²) in [5.41, 5.74) is 0.995. The zero-order valence-corrected chi connectivity index (χ0v) is 13.9. The molecule has 3 rings (SSSR count). The Bertz CT molecular complexity index is 821. The van der Waals surface area contributed by atoms with Crippen LogP contribution in [0.15, 0.2) is 47.5 Å². The maximum absolute atomic E-state index is 12.6. The summed E-state index contributed by atoms with van der Waals surface area (Å²) >= 11 is 0.872. The highest BCUT2D eigenvalue weighted by Gasteiger charge is 2.38. The Morgan fingerprint density at radius 2 is 1.96 bits per heavy atom. The number of carbonyl (C=O) groups excluding carboxylic acids is 2. The van der Waals surface area contributed by atoms with E-state index in [-0.39, 0.29) is 5.24 Å². The number of aromatic nitrogens is 1. The number of ether oxygens (including phenoxy) is 2. The molecule has 122 valence electrons. The van der Waals surface area contributed by atoms with Crippen molar-refractivity contribution in [3.63, 3.8) is 0 Å². The lowest BCUT2D eigenvalue weighted by atomic mass is 10.2. The molecule has 0 atom stereocenters. The molecule has 7 heteroatoms. The Balaban J connectivity index is 1.97. The fourth-order valence-corrected chi connectivity index (χ4v) is 3.06. The number of carbonyl (C=O) groups is 2. The number of anilines is 1. The second-order valence-corrected chi connectivity index (χ2v) is 5.80. The van der Waals surface area contributed by atoms with Crippen LogP contribution in [0, 0.1) is 0 Å². The van der Waals surface area contributed by atoms with Gasteiger partial charge in [0.15, 0.2) is 0 Å². The molecule has 1 aromatic heterocycles. The number of rotatable bonds is 4. The van der Waals surface area contributed by atoms with E-state index in [1.165, 1.54) is 14.2 Å². The molecule has 1 saturated heterocycles. The van der Waals surface area contributed by atoms with Crippen LogP contribution in [0.2, 0.25) is 0 Å². The van der Waals surface area contributed by atoms with E-state index in [9.17, 15) is 9.59 Å². The normalized spacial score (nSPS) is 15.9. The van der Waals surface area contributed by atoms with Gasteiger partial charge in [-0.1, -0.05) is 6.07 Å². The molecule has 24 heavy (non-hydrogen) atoms. The fourth-order valence-electron chi connectivity index (χ4n) is 2.24. The number of nitrogens with zero attached hydrogens (tertiary/aromatic N) is 2. The van der Waals surface area contributed by atoms with E-state index in [2.05, 4.69) is 4.98 Å². The summed E-state index contributed by atoms with van der Waals surface area (Å²) in [4.78, 5) is 30.5. The fraction of sp³-hybridized carbons (Fsp3) is 0.118. The number of imide groups is 1. The Morgan fingerprint density at radius 3 is 2.62 bits per heavy atom. The number of pyridine rings is 1. The van der Waals surface area contributed by atoms with E-state index in [0.717, 1.165) is 16.7 Å². The van der Waals surface area contributed by atoms with Gasteiger partial charge in [0.25, 0.3) is 11.1 Å². The van der Waals surface area contributed by atoms with Crippen LogP contribution in [0.1, 0.15) is 5.69 Å². The maximum Gasteiger partial charge on any atom is 0.298 e. The van der Waals surface area contributed by atoms with Gasteiger partial charge in [-0.2, -0.15) is 0 Å². The largest absolute Gasteiger partial charge is 0.497 e. The Morgan fingerprint density at radius 1 is 1.12 bits per heavy atom. The molecule has 2 aromatic rings. The van der Waals surface area contributed by atoms with E-state index in [0.29, 0.717) is 27.8 Å². The van der Waals surface area contributed by atoms with Crippen molar-refractivity contribution in [2.24, 2.45) is 0 Å². The second-order valence-electron chi connectivity index (χ2n) is 4.81. The third kappa shape index (κ3) is 2.98. The molecular formula is C17H14N2O4S. The predicted octanol–water partition coefficient (Wildman–Crippen LogP) is 3.34. The first-order chi connectivity index (χ1) is 11.6. The molecule has 0 spiro atoms. The zero-order chi connectivity index (χ0) is 17.1. The minimum absolute atomic E-state index is 0.316. The lowest BCUT2D eigenvalue weighted by Gasteiger charge is -2.16. The van der Waals surface area contributed by atoms with Crippen LogP contribution in [-0.4, -0.2) is 30.3 Å². The van der Waals surface area contributed by atoms with Gasteiger partial charge in [0.05, 0.1) is 30.5 Å². The van der Waals surface area contributed by atoms with Crippen LogP contribution >= 0.6 is 11.8 Å². The SMILES string of the molecule is COc1ccc(N2C(=O)S/C(=C\c3ccccn3)C2=O)c(OC)c1. The number of amides is 2. The summed E-state index contributed by atoms with van der Waals surface area (Å²) in [5.74, 6) is 0.557. The Hall–Kier alpha value is -2.80. The molecule has 0 saturated carbocycles. The van der Waals surface area contributed by atoms with Gasteiger partial charge in [-0.3, -0.25) is 14.6 Å². The topological polar surface area (TPSA) is 68.7 Å². The highest BCUT2D eigenvalue weighted by atomic mass is 32.2. The number of benzene rings is 1. The smallest absolute Gasteiger partial charge is 0.298 e. The average Bonchev–Trinajstić information content (AvgIpc) is 2.89. The molecule has 6 nitrogen and oxygen atoms in total. The number of methoxy groups -OCH3 is 2. The van der Waals surface area contributed by atoms with E-state index in [4.69, 9.17) is 9.47 Å². The van der Waals surface area contributed by atoms with E-state index in [1.54, 1.807) is 42.6 Å². The molecule has 1 aliphatic rings. The van der Waals surface area contributed by atoms with Gasteiger partial charge in [0.1, 0.15) is 11.5 Å². The lowest BCUT2D eigenvalue weighted by Crippen LogP contribution is -2.28. The molecule has 1 fully saturated rings. The number of hydrogen-bond donors (Lipinski definition) is 0. The first-order valence-corrected chi connectivity index (χ1v) is 7.86. The number of thioether (sulfide) groups is 1. The van der Waals surface area contributed by atoms with E-state index in [1.807, 2.05) is 6.07 Å². The summed E-state index contributed by atoms with van der Waals surface area (Å²) in [5, 5.41) is -0.384. The average molecular weight is 342 g/mol. The van der Waals surface area contributed by atoms with Crippen molar-refractivity contribution in [3.05, 3.63) is 53.2 Å². The van der Waals surface area contributed by atoms with Crippen LogP contribution in [0.5, 0.6) is 11.5 Å². The van der Waals surface area contributed by atoms with E-state index >= 15 is 0 Å². The maximum atomic E-state index is 12.6. The molecular weight excluding hydrogens is 328 g/mol. The van der Waals surface area contributed by atoms with Crippen molar-refractivity contribution in [1.82, 2.24) is 4.98 Å². The van der Waals surface area contributed by atoms with Crippen LogP contribution < -0.4 is 14.4 Å². The third-order valence-electron chi connectivity index (χ3n) is 3.39. The minimum Gasteiger partial charge on any atom is -0.497 e. The second kappa shape index (κ2) is 6.76. The van der Waals surface area contributed by atoms with Gasteiger partial charge >= 0.3 is 0 Å². The predicted molar refractivity (Wildman–Crippen MR) is 92.2 cm³/mol. The van der Waals surface area contributed by atoms with Gasteiger partial charge in [-0.15, -0.1) is 0 Å². The first kappa shape index (κ1) is 16.1. The highest BCUT2D eigenvalue weighted by Crippen LogP contribution is 2.40. The summed E-state index contributed by atoms with van der Waals surface area (Å²) in [6.07, 6.45) is 3.23. The highest BCUT2D eigenvalue weighted by molar-refractivity contribution is 8.19. The van der Waals surface area contributed by atoms with Gasteiger partial charge in [-0.05, 0) is 42.1 Å². The van der Waals surface area contributed by atoms with Crippen LogP contribution in [0.25, 0.3) is 6.08 Å². The van der Waals surface area contributed by atoms with Crippen molar-refractivity contribution in [2.45, 2.75) is 0 Å². The quantitative estimate of drug-likeness (QED) is 0.794. The van der Waals surface area contributed by atoms with Crippen LogP contribution in [0.3, 0.4) is 0 Å². The molecule has 0 N–H and O–H groups in total. The zero-order valence-electron chi connectivity index (χ0n) is 13.1. The molecule has 0 unspecified atom stereocenters. The first-order valence-electron chi connectivity index (χ1n) is 7.05. The van der Waals surface area contributed by atoms with Crippen molar-refractivity contribution < 1.29 is 19.1 Å². The molecule has 1 aliphatic heterocycles. The minimum atomic E-state index is -0.404. The molecule has 1 aromatic carbocycles. The molecule has 0 aliphatic carbocycles. The summed E-state index contributed by atoms with van der Waals surface area (Å²) in [6, 6.07) is 10.3. The van der Waals surface area contributed by atoms with Gasteiger partial charge in [0, 0.05) is 12.3 Å². The summed E-state index contributed by atoms with van der Waals surface area (Å²) < 4.78 is 10.4. The molecule has 2 heterocycles. The van der Waals surface area contributed by atoms with Crippen molar-refractivity contribution in [3.8, 4) is 11.5 Å². The standard InChI is InChI=1S/C17H14N2O4S/c1-22-12-6-7-13(14(10-12)23-2)19-16(20)15(24-17(19)21)9-11-5-3-4-8-18-11/h3-10H,1-2H3/b15-9-. The van der Waals surface area contributed by atoms with Crippen molar-refractivity contribution in [1.29, 1.82) is 0 Å². The monoisotopic (exact) mass is 342 g/mol. The molecule has 0 radical (unpaired) electrons. The molecule has 2 amide bonds. The summed E-state index contributed by atoms with van der Waals surface area (Å²) in [7, 11) is 3.01. The molecule has 0 bridgehead atoms. The van der Waals surface area contributed by atoms with Gasteiger partial charge in [-0.25, -0.2) is 4.90 Å². The lowest BCUT2D eigenvalue weighted by molar-refractivity contribution is -0.113. The van der Waals surface area contributed by atoms with Gasteiger partial charge in [0.2, 0.25) is 0 Å². The summed E-state index contributed by atoms with van der Waals surface area (Å²) in [6.45, 7) is 0. The van der Waals surface area contributed by atoms with Gasteiger partial charge < -0.3 is 9.47 Å². The Kier molecular flexibility index (Phi) is 4.52. The van der Waals surface area contributed by atoms with Crippen LogP contribution in [0.4, 0.5) is 10.5 Å². The van der Waals surface area contributed by atoms with Crippen molar-refractivity contribution in [2.75, 3.05) is 19.1 Å². The third-order valence-corrected chi connectivity index (χ3v) is 4.26.